The van der Waals surface area contributed by atoms with Crippen LogP contribution in [-0.2, 0) is 6.42 Å². The van der Waals surface area contributed by atoms with Gasteiger partial charge in [0, 0.05) is 30.9 Å². The van der Waals surface area contributed by atoms with E-state index in [9.17, 15) is 4.79 Å². The molecule has 144 valence electrons. The number of nitrogens with one attached hydrogen (secondary N) is 1. The first-order valence-corrected chi connectivity index (χ1v) is 9.53. The molecule has 0 bridgehead atoms. The molecule has 6 heteroatoms. The van der Waals surface area contributed by atoms with Gasteiger partial charge in [0.2, 0.25) is 0 Å². The molecule has 1 aliphatic rings. The molecule has 1 aromatic heterocycles. The Morgan fingerprint density at radius 3 is 2.82 bits per heavy atom. The number of carbonyl (C=O) groups excluding carboxylic acids is 1. The van der Waals surface area contributed by atoms with Gasteiger partial charge in [-0.2, -0.15) is 0 Å². The van der Waals surface area contributed by atoms with Crippen LogP contribution in [0.5, 0.6) is 11.5 Å². The zero-order chi connectivity index (χ0) is 19.5. The van der Waals surface area contributed by atoms with E-state index in [0.717, 1.165) is 17.9 Å². The van der Waals surface area contributed by atoms with Crippen LogP contribution in [0.1, 0.15) is 15.9 Å². The molecule has 1 amide bonds. The predicted octanol–water partition coefficient (Wildman–Crippen LogP) is 4.12. The fourth-order valence-corrected chi connectivity index (χ4v) is 3.70. The molecule has 0 aliphatic carbocycles. The molecule has 2 aromatic carbocycles. The van der Waals surface area contributed by atoms with Crippen LogP contribution in [0.15, 0.2) is 60.9 Å². The van der Waals surface area contributed by atoms with Crippen LogP contribution in [0.25, 0.3) is 5.69 Å². The number of hydrogen-bond acceptors (Lipinski definition) is 3. The number of halogens is 1. The highest BCUT2D eigenvalue weighted by Crippen LogP contribution is 2.30. The van der Waals surface area contributed by atoms with E-state index in [-0.39, 0.29) is 11.8 Å². The molecule has 3 aromatic rings. The summed E-state index contributed by atoms with van der Waals surface area (Å²) in [5.74, 6) is 1.42. The first kappa shape index (κ1) is 18.4. The summed E-state index contributed by atoms with van der Waals surface area (Å²) < 4.78 is 13.1. The molecule has 2 heterocycles. The highest BCUT2D eigenvalue weighted by atomic mass is 35.5. The van der Waals surface area contributed by atoms with E-state index in [2.05, 4.69) is 11.4 Å². The number of carbonyl (C=O) groups is 1. The third-order valence-corrected chi connectivity index (χ3v) is 5.21. The van der Waals surface area contributed by atoms with Crippen LogP contribution in [0.2, 0.25) is 5.02 Å². The molecule has 5 nitrogen and oxygen atoms in total. The van der Waals surface area contributed by atoms with Crippen molar-refractivity contribution in [2.24, 2.45) is 5.92 Å². The van der Waals surface area contributed by atoms with Gasteiger partial charge in [-0.15, -0.1) is 0 Å². The summed E-state index contributed by atoms with van der Waals surface area (Å²) in [4.78, 5) is 12.8. The van der Waals surface area contributed by atoms with E-state index in [4.69, 9.17) is 21.1 Å². The van der Waals surface area contributed by atoms with Crippen LogP contribution < -0.4 is 14.8 Å². The number of fused-ring (bicyclic) bond motifs is 1. The fourth-order valence-electron chi connectivity index (χ4n) is 3.44. The molecule has 1 atom stereocenters. The largest absolute Gasteiger partial charge is 0.496 e. The van der Waals surface area contributed by atoms with Gasteiger partial charge in [0.15, 0.2) is 0 Å². The SMILES string of the molecule is COc1cc(-n2cccc2)c(Cl)cc1C(=O)NCC1COc2ccccc2C1. The lowest BCUT2D eigenvalue weighted by atomic mass is 9.96. The second kappa shape index (κ2) is 7.98. The topological polar surface area (TPSA) is 52.5 Å². The van der Waals surface area contributed by atoms with E-state index >= 15 is 0 Å². The van der Waals surface area contributed by atoms with Gasteiger partial charge in [-0.1, -0.05) is 29.8 Å². The average molecular weight is 397 g/mol. The Bertz CT molecular complexity index is 985. The first-order valence-electron chi connectivity index (χ1n) is 9.15. The van der Waals surface area contributed by atoms with Crippen molar-refractivity contribution in [2.75, 3.05) is 20.3 Å². The van der Waals surface area contributed by atoms with E-state index in [1.165, 1.54) is 5.56 Å². The number of aromatic nitrogens is 1. The van der Waals surface area contributed by atoms with Crippen molar-refractivity contribution < 1.29 is 14.3 Å². The molecular formula is C22H21ClN2O3. The number of methoxy groups -OCH3 is 1. The van der Waals surface area contributed by atoms with Crippen LogP contribution >= 0.6 is 11.6 Å². The summed E-state index contributed by atoms with van der Waals surface area (Å²) in [7, 11) is 1.55. The zero-order valence-corrected chi connectivity index (χ0v) is 16.3. The Labute approximate surface area is 168 Å². The molecule has 0 fully saturated rings. The molecule has 0 spiro atoms. The molecule has 4 rings (SSSR count). The average Bonchev–Trinajstić information content (AvgIpc) is 3.26. The Hall–Kier alpha value is -2.92. The second-order valence-electron chi connectivity index (χ2n) is 6.79. The summed E-state index contributed by atoms with van der Waals surface area (Å²) in [5.41, 5.74) is 2.35. The maximum absolute atomic E-state index is 12.8. The van der Waals surface area contributed by atoms with Crippen LogP contribution in [0.3, 0.4) is 0 Å². The van der Waals surface area contributed by atoms with Gasteiger partial charge in [-0.05, 0) is 36.2 Å². The van der Waals surface area contributed by atoms with Gasteiger partial charge in [0.25, 0.3) is 5.91 Å². The summed E-state index contributed by atoms with van der Waals surface area (Å²) in [6.45, 7) is 1.11. The van der Waals surface area contributed by atoms with Gasteiger partial charge < -0.3 is 19.4 Å². The normalized spacial score (nSPS) is 15.4. The Morgan fingerprint density at radius 2 is 2.04 bits per heavy atom. The lowest BCUT2D eigenvalue weighted by Gasteiger charge is -2.25. The maximum atomic E-state index is 12.8. The number of hydrogen-bond donors (Lipinski definition) is 1. The molecule has 28 heavy (non-hydrogen) atoms. The first-order chi connectivity index (χ1) is 13.7. The summed E-state index contributed by atoms with van der Waals surface area (Å²) >= 11 is 6.42. The molecule has 0 radical (unpaired) electrons. The van der Waals surface area contributed by atoms with Gasteiger partial charge in [-0.25, -0.2) is 0 Å². The standard InChI is InChI=1S/C22H21ClN2O3/c1-27-21-12-19(25-8-4-5-9-25)18(23)11-17(21)22(26)24-13-15-10-16-6-2-3-7-20(16)28-14-15/h2-9,11-12,15H,10,13-14H2,1H3,(H,24,26). The highest BCUT2D eigenvalue weighted by Gasteiger charge is 2.22. The zero-order valence-electron chi connectivity index (χ0n) is 15.5. The van der Waals surface area contributed by atoms with Gasteiger partial charge in [-0.3, -0.25) is 4.79 Å². The number of rotatable bonds is 5. The minimum Gasteiger partial charge on any atom is -0.496 e. The molecule has 1 N–H and O–H groups in total. The van der Waals surface area contributed by atoms with Gasteiger partial charge in [0.1, 0.15) is 11.5 Å². The quantitative estimate of drug-likeness (QED) is 0.705. The van der Waals surface area contributed by atoms with Gasteiger partial charge in [0.05, 0.1) is 30.0 Å². The molecule has 0 saturated carbocycles. The summed E-state index contributed by atoms with van der Waals surface area (Å²) in [6.07, 6.45) is 4.66. The van der Waals surface area contributed by atoms with Crippen LogP contribution in [0.4, 0.5) is 0 Å². The number of para-hydroxylation sites is 1. The molecule has 0 saturated heterocycles. The van der Waals surface area contributed by atoms with E-state index in [1.807, 2.05) is 47.3 Å². The molecule has 1 unspecified atom stereocenters. The number of nitrogens with zero attached hydrogens (tertiary/aromatic N) is 1. The van der Waals surface area contributed by atoms with Crippen molar-refractivity contribution in [3.05, 3.63) is 77.1 Å². The summed E-state index contributed by atoms with van der Waals surface area (Å²) in [5, 5.41) is 3.47. The number of amides is 1. The maximum Gasteiger partial charge on any atom is 0.255 e. The lowest BCUT2D eigenvalue weighted by molar-refractivity contribution is 0.0936. The van der Waals surface area contributed by atoms with Crippen molar-refractivity contribution in [2.45, 2.75) is 6.42 Å². The minimum absolute atomic E-state index is 0.211. The number of ether oxygens (including phenoxy) is 2. The van der Waals surface area contributed by atoms with Crippen molar-refractivity contribution in [3.8, 4) is 17.2 Å². The van der Waals surface area contributed by atoms with E-state index in [1.54, 1.807) is 19.2 Å². The van der Waals surface area contributed by atoms with Crippen molar-refractivity contribution in [3.63, 3.8) is 0 Å². The predicted molar refractivity (Wildman–Crippen MR) is 109 cm³/mol. The summed E-state index contributed by atoms with van der Waals surface area (Å²) in [6, 6.07) is 15.3. The Kier molecular flexibility index (Phi) is 5.26. The van der Waals surface area contributed by atoms with Crippen molar-refractivity contribution in [1.29, 1.82) is 0 Å². The monoisotopic (exact) mass is 396 g/mol. The molecule has 1 aliphatic heterocycles. The van der Waals surface area contributed by atoms with E-state index in [0.29, 0.717) is 29.5 Å². The van der Waals surface area contributed by atoms with Crippen molar-refractivity contribution >= 4 is 17.5 Å². The number of benzene rings is 2. The van der Waals surface area contributed by atoms with E-state index < -0.39 is 0 Å². The minimum atomic E-state index is -0.211. The highest BCUT2D eigenvalue weighted by molar-refractivity contribution is 6.33. The van der Waals surface area contributed by atoms with Crippen molar-refractivity contribution in [1.82, 2.24) is 9.88 Å². The Morgan fingerprint density at radius 1 is 1.25 bits per heavy atom. The Balaban J connectivity index is 1.47. The van der Waals surface area contributed by atoms with Gasteiger partial charge >= 0.3 is 0 Å². The lowest BCUT2D eigenvalue weighted by Crippen LogP contribution is -2.35. The third-order valence-electron chi connectivity index (χ3n) is 4.90. The second-order valence-corrected chi connectivity index (χ2v) is 7.20. The fraction of sp³-hybridized carbons (Fsp3) is 0.227. The van der Waals surface area contributed by atoms with Crippen LogP contribution in [0, 0.1) is 5.92 Å². The molecular weight excluding hydrogens is 376 g/mol. The smallest absolute Gasteiger partial charge is 0.255 e. The third kappa shape index (κ3) is 3.71. The van der Waals surface area contributed by atoms with Crippen LogP contribution in [-0.4, -0.2) is 30.7 Å².